The third kappa shape index (κ3) is 3.67. The molecule has 1 aliphatic heterocycles. The zero-order chi connectivity index (χ0) is 15.4. The van der Waals surface area contributed by atoms with Crippen molar-refractivity contribution >= 4 is 5.91 Å². The molecule has 0 bridgehead atoms. The number of aryl methyl sites for hydroxylation is 1. The second-order valence-corrected chi connectivity index (χ2v) is 6.31. The average Bonchev–Trinajstić information content (AvgIpc) is 2.96. The number of rotatable bonds is 5. The highest BCUT2D eigenvalue weighted by Crippen LogP contribution is 2.28. The number of carbonyl (C=O) groups excluding carboxylic acids is 1. The number of hydrogen-bond donors (Lipinski definition) is 1. The number of fused-ring (bicyclic) bond motifs is 1. The molecule has 2 fully saturated rings. The summed E-state index contributed by atoms with van der Waals surface area (Å²) in [7, 11) is 0. The minimum atomic E-state index is 0.205. The van der Waals surface area contributed by atoms with Gasteiger partial charge in [-0.1, -0.05) is 12.8 Å². The maximum absolute atomic E-state index is 12.5. The summed E-state index contributed by atoms with van der Waals surface area (Å²) >= 11 is 0. The minimum absolute atomic E-state index is 0.205. The van der Waals surface area contributed by atoms with E-state index in [1.807, 2.05) is 28.9 Å². The van der Waals surface area contributed by atoms with E-state index < -0.39 is 0 Å². The van der Waals surface area contributed by atoms with Crippen molar-refractivity contribution in [3.63, 3.8) is 0 Å². The van der Waals surface area contributed by atoms with Crippen LogP contribution in [0.4, 0.5) is 0 Å². The largest absolute Gasteiger partial charge is 0.374 e. The van der Waals surface area contributed by atoms with Crippen LogP contribution < -0.4 is 5.32 Å². The van der Waals surface area contributed by atoms with Crippen LogP contribution in [0.25, 0.3) is 0 Å². The number of amides is 1. The Bertz CT molecular complexity index is 500. The van der Waals surface area contributed by atoms with Gasteiger partial charge in [-0.3, -0.25) is 9.48 Å². The molecule has 6 nitrogen and oxygen atoms in total. The molecule has 6 heteroatoms. The lowest BCUT2D eigenvalue weighted by Gasteiger charge is -2.43. The van der Waals surface area contributed by atoms with Crippen molar-refractivity contribution in [3.05, 3.63) is 18.0 Å². The van der Waals surface area contributed by atoms with E-state index in [0.717, 1.165) is 38.0 Å². The Morgan fingerprint density at radius 2 is 2.32 bits per heavy atom. The summed E-state index contributed by atoms with van der Waals surface area (Å²) < 4.78 is 7.72. The van der Waals surface area contributed by atoms with Gasteiger partial charge < -0.3 is 15.0 Å². The molecule has 1 saturated heterocycles. The average molecular weight is 306 g/mol. The van der Waals surface area contributed by atoms with Gasteiger partial charge in [-0.05, 0) is 25.3 Å². The zero-order valence-electron chi connectivity index (χ0n) is 13.3. The third-order valence-electron chi connectivity index (χ3n) is 4.61. The summed E-state index contributed by atoms with van der Waals surface area (Å²) in [6.07, 6.45) is 8.74. The maximum atomic E-state index is 12.5. The van der Waals surface area contributed by atoms with Crippen LogP contribution in [0.1, 0.15) is 31.2 Å². The lowest BCUT2D eigenvalue weighted by atomic mass is 9.90. The highest BCUT2D eigenvalue weighted by atomic mass is 16.5. The molecule has 3 rings (SSSR count). The van der Waals surface area contributed by atoms with Crippen LogP contribution in [0.2, 0.25) is 0 Å². The molecule has 122 valence electrons. The van der Waals surface area contributed by atoms with Crippen molar-refractivity contribution in [1.82, 2.24) is 20.0 Å². The Balaban J connectivity index is 1.43. The van der Waals surface area contributed by atoms with Crippen LogP contribution in [0, 0.1) is 6.92 Å². The Hall–Kier alpha value is -1.40. The van der Waals surface area contributed by atoms with Gasteiger partial charge in [0.1, 0.15) is 0 Å². The van der Waals surface area contributed by atoms with E-state index in [9.17, 15) is 4.79 Å². The first-order valence-electron chi connectivity index (χ1n) is 8.35. The van der Waals surface area contributed by atoms with Gasteiger partial charge in [-0.2, -0.15) is 5.10 Å². The van der Waals surface area contributed by atoms with Crippen molar-refractivity contribution in [1.29, 1.82) is 0 Å². The molecule has 2 atom stereocenters. The lowest BCUT2D eigenvalue weighted by molar-refractivity contribution is -0.148. The molecule has 1 aromatic heterocycles. The molecular formula is C16H26N4O2. The zero-order valence-corrected chi connectivity index (χ0v) is 13.3. The molecule has 0 aromatic carbocycles. The summed E-state index contributed by atoms with van der Waals surface area (Å²) in [5.41, 5.74) is 1.16. The molecular weight excluding hydrogens is 280 g/mol. The number of aromatic nitrogens is 2. The van der Waals surface area contributed by atoms with Crippen LogP contribution in [0.5, 0.6) is 0 Å². The van der Waals surface area contributed by atoms with Crippen molar-refractivity contribution < 1.29 is 9.53 Å². The second-order valence-electron chi connectivity index (χ2n) is 6.31. The molecule has 1 saturated carbocycles. The normalized spacial score (nSPS) is 25.0. The van der Waals surface area contributed by atoms with Gasteiger partial charge in [0.15, 0.2) is 0 Å². The first-order chi connectivity index (χ1) is 10.7. The van der Waals surface area contributed by atoms with Crippen LogP contribution >= 0.6 is 0 Å². The van der Waals surface area contributed by atoms with Crippen molar-refractivity contribution in [2.75, 3.05) is 26.2 Å². The first-order valence-corrected chi connectivity index (χ1v) is 8.35. The van der Waals surface area contributed by atoms with E-state index in [1.165, 1.54) is 12.8 Å². The van der Waals surface area contributed by atoms with Gasteiger partial charge in [-0.15, -0.1) is 0 Å². The van der Waals surface area contributed by atoms with Gasteiger partial charge >= 0.3 is 0 Å². The van der Waals surface area contributed by atoms with Gasteiger partial charge in [0, 0.05) is 19.3 Å². The molecule has 1 N–H and O–H groups in total. The fourth-order valence-electron chi connectivity index (χ4n) is 3.49. The molecule has 1 aromatic rings. The van der Waals surface area contributed by atoms with Gasteiger partial charge in [0.25, 0.3) is 0 Å². The van der Waals surface area contributed by atoms with Gasteiger partial charge in [-0.25, -0.2) is 0 Å². The molecule has 1 amide bonds. The summed E-state index contributed by atoms with van der Waals surface area (Å²) in [5.74, 6) is 0.205. The summed E-state index contributed by atoms with van der Waals surface area (Å²) in [5, 5.41) is 7.48. The Labute approximate surface area is 131 Å². The molecule has 0 unspecified atom stereocenters. The van der Waals surface area contributed by atoms with Crippen molar-refractivity contribution in [3.8, 4) is 0 Å². The maximum Gasteiger partial charge on any atom is 0.236 e. The summed E-state index contributed by atoms with van der Waals surface area (Å²) in [6.45, 7) is 5.39. The van der Waals surface area contributed by atoms with Crippen molar-refractivity contribution in [2.24, 2.45) is 0 Å². The van der Waals surface area contributed by atoms with E-state index >= 15 is 0 Å². The van der Waals surface area contributed by atoms with E-state index in [-0.39, 0.29) is 12.0 Å². The molecule has 2 heterocycles. The minimum Gasteiger partial charge on any atom is -0.374 e. The summed E-state index contributed by atoms with van der Waals surface area (Å²) in [4.78, 5) is 14.5. The molecule has 2 aliphatic rings. The second kappa shape index (κ2) is 7.24. The Kier molecular flexibility index (Phi) is 5.10. The fraction of sp³-hybridized carbons (Fsp3) is 0.750. The molecule has 22 heavy (non-hydrogen) atoms. The van der Waals surface area contributed by atoms with Crippen LogP contribution in [-0.4, -0.2) is 59.0 Å². The number of nitrogens with zero attached hydrogens (tertiary/aromatic N) is 3. The van der Waals surface area contributed by atoms with Crippen LogP contribution in [-0.2, 0) is 16.1 Å². The third-order valence-corrected chi connectivity index (χ3v) is 4.61. The molecule has 1 aliphatic carbocycles. The number of hydrogen-bond acceptors (Lipinski definition) is 4. The van der Waals surface area contributed by atoms with Gasteiger partial charge in [0.05, 0.1) is 38.0 Å². The number of carbonyl (C=O) groups is 1. The first kappa shape index (κ1) is 15.5. The van der Waals surface area contributed by atoms with Gasteiger partial charge in [0.2, 0.25) is 5.91 Å². The SMILES string of the molecule is Cc1cnn(CCNCC(=O)N2CCO[C@@H]3CCCC[C@H]32)c1. The Morgan fingerprint density at radius 3 is 3.14 bits per heavy atom. The number of nitrogens with one attached hydrogen (secondary N) is 1. The number of morpholine rings is 1. The van der Waals surface area contributed by atoms with Crippen LogP contribution in [0.3, 0.4) is 0 Å². The smallest absolute Gasteiger partial charge is 0.236 e. The Morgan fingerprint density at radius 1 is 1.45 bits per heavy atom. The van der Waals surface area contributed by atoms with E-state index in [2.05, 4.69) is 10.4 Å². The fourth-order valence-corrected chi connectivity index (χ4v) is 3.49. The summed E-state index contributed by atoms with van der Waals surface area (Å²) in [6, 6.07) is 0.297. The molecule has 0 radical (unpaired) electrons. The van der Waals surface area contributed by atoms with Crippen molar-refractivity contribution in [2.45, 2.75) is 51.3 Å². The van der Waals surface area contributed by atoms with E-state index in [0.29, 0.717) is 19.2 Å². The predicted octanol–water partition coefficient (Wildman–Crippen LogP) is 0.951. The standard InChI is InChI=1S/C16H26N4O2/c1-13-10-18-19(12-13)7-6-17-11-16(21)20-8-9-22-15-5-3-2-4-14(15)20/h10,12,14-15,17H,2-9,11H2,1H3/t14-,15-/m1/s1. The van der Waals surface area contributed by atoms with E-state index in [4.69, 9.17) is 4.74 Å². The quantitative estimate of drug-likeness (QED) is 0.823. The highest BCUT2D eigenvalue weighted by molar-refractivity contribution is 5.78. The monoisotopic (exact) mass is 306 g/mol. The van der Waals surface area contributed by atoms with E-state index in [1.54, 1.807) is 0 Å². The topological polar surface area (TPSA) is 59.4 Å². The lowest BCUT2D eigenvalue weighted by Crippen LogP contribution is -2.56. The highest BCUT2D eigenvalue weighted by Gasteiger charge is 2.36. The van der Waals surface area contributed by atoms with Crippen LogP contribution in [0.15, 0.2) is 12.4 Å². The molecule has 0 spiro atoms. The predicted molar refractivity (Wildman–Crippen MR) is 83.5 cm³/mol. The number of ether oxygens (including phenoxy) is 1.